The SMILES string of the molecule is CCOc1ccc(/C(O)=C2\C(=O)C(=O)N(CCCOC(C)C)C2c2ccc(OC)c(OC)c2)c(OCC)c1. The second-order valence-corrected chi connectivity index (χ2v) is 8.90. The molecule has 0 radical (unpaired) electrons. The third-order valence-corrected chi connectivity index (χ3v) is 6.08. The van der Waals surface area contributed by atoms with Gasteiger partial charge in [-0.2, -0.15) is 0 Å². The maximum absolute atomic E-state index is 13.4. The molecule has 0 saturated carbocycles. The number of carbonyl (C=O) groups is 2. The maximum Gasteiger partial charge on any atom is 0.295 e. The fourth-order valence-electron chi connectivity index (χ4n) is 4.41. The summed E-state index contributed by atoms with van der Waals surface area (Å²) >= 11 is 0. The van der Waals surface area contributed by atoms with Gasteiger partial charge in [0.1, 0.15) is 17.3 Å². The van der Waals surface area contributed by atoms with Crippen LogP contribution in [-0.2, 0) is 14.3 Å². The summed E-state index contributed by atoms with van der Waals surface area (Å²) in [6.07, 6.45) is 0.561. The molecule has 1 aliphatic heterocycles. The van der Waals surface area contributed by atoms with Crippen LogP contribution in [0.5, 0.6) is 23.0 Å². The molecule has 2 aromatic carbocycles. The van der Waals surface area contributed by atoms with Gasteiger partial charge in [-0.25, -0.2) is 0 Å². The molecule has 1 unspecified atom stereocenters. The van der Waals surface area contributed by atoms with Crippen LogP contribution in [0.2, 0.25) is 0 Å². The van der Waals surface area contributed by atoms with Gasteiger partial charge in [0.15, 0.2) is 11.5 Å². The van der Waals surface area contributed by atoms with Gasteiger partial charge < -0.3 is 33.7 Å². The van der Waals surface area contributed by atoms with Gasteiger partial charge in [-0.1, -0.05) is 6.07 Å². The number of aliphatic hydroxyl groups excluding tert-OH is 1. The van der Waals surface area contributed by atoms with Crippen molar-refractivity contribution in [3.63, 3.8) is 0 Å². The zero-order valence-corrected chi connectivity index (χ0v) is 22.9. The van der Waals surface area contributed by atoms with Gasteiger partial charge in [-0.3, -0.25) is 9.59 Å². The van der Waals surface area contributed by atoms with E-state index >= 15 is 0 Å². The Kier molecular flexibility index (Phi) is 10.0. The lowest BCUT2D eigenvalue weighted by Crippen LogP contribution is -2.31. The molecule has 0 bridgehead atoms. The lowest BCUT2D eigenvalue weighted by atomic mass is 9.94. The van der Waals surface area contributed by atoms with Gasteiger partial charge in [0, 0.05) is 19.2 Å². The topological polar surface area (TPSA) is 104 Å². The van der Waals surface area contributed by atoms with E-state index in [9.17, 15) is 14.7 Å². The molecule has 1 saturated heterocycles. The minimum absolute atomic E-state index is 0.0305. The molecule has 0 aliphatic carbocycles. The van der Waals surface area contributed by atoms with Crippen molar-refractivity contribution in [2.75, 3.05) is 40.6 Å². The van der Waals surface area contributed by atoms with E-state index in [2.05, 4.69) is 0 Å². The van der Waals surface area contributed by atoms with E-state index in [1.165, 1.54) is 19.1 Å². The highest BCUT2D eigenvalue weighted by Crippen LogP contribution is 2.43. The standard InChI is InChI=1S/C29H37NO8/c1-7-36-20-11-12-21(23(17-20)37-8-2)27(31)25-26(19-10-13-22(34-5)24(16-19)35-6)30(29(33)28(25)32)14-9-15-38-18(3)4/h10-13,16-18,26,31H,7-9,14-15H2,1-6H3/b27-25+. The summed E-state index contributed by atoms with van der Waals surface area (Å²) in [6, 6.07) is 9.29. The molecule has 1 fully saturated rings. The summed E-state index contributed by atoms with van der Waals surface area (Å²) in [5, 5.41) is 11.5. The predicted molar refractivity (Wildman–Crippen MR) is 143 cm³/mol. The van der Waals surface area contributed by atoms with Crippen LogP contribution in [0.15, 0.2) is 42.0 Å². The Balaban J connectivity index is 2.15. The Hall–Kier alpha value is -3.72. The molecule has 2 aromatic rings. The van der Waals surface area contributed by atoms with Crippen LogP contribution in [0.3, 0.4) is 0 Å². The van der Waals surface area contributed by atoms with Gasteiger partial charge in [0.25, 0.3) is 11.7 Å². The first-order valence-corrected chi connectivity index (χ1v) is 12.8. The molecular weight excluding hydrogens is 490 g/mol. The van der Waals surface area contributed by atoms with E-state index in [0.29, 0.717) is 60.4 Å². The summed E-state index contributed by atoms with van der Waals surface area (Å²) < 4.78 is 27.8. The molecule has 1 amide bonds. The van der Waals surface area contributed by atoms with E-state index in [1.54, 1.807) is 36.4 Å². The summed E-state index contributed by atoms with van der Waals surface area (Å²) in [6.45, 7) is 9.03. The van der Waals surface area contributed by atoms with Crippen LogP contribution < -0.4 is 18.9 Å². The fourth-order valence-corrected chi connectivity index (χ4v) is 4.41. The van der Waals surface area contributed by atoms with Crippen molar-refractivity contribution in [3.05, 3.63) is 53.1 Å². The number of methoxy groups -OCH3 is 2. The van der Waals surface area contributed by atoms with E-state index in [-0.39, 0.29) is 24.0 Å². The molecule has 0 spiro atoms. The number of rotatable bonds is 13. The number of amides is 1. The Labute approximate surface area is 223 Å². The number of nitrogens with zero attached hydrogens (tertiary/aromatic N) is 1. The fraction of sp³-hybridized carbons (Fsp3) is 0.448. The molecule has 206 valence electrons. The van der Waals surface area contributed by atoms with Gasteiger partial charge in [-0.05, 0) is 63.9 Å². The number of carbonyl (C=O) groups excluding carboxylic acids is 2. The first kappa shape index (κ1) is 28.8. The third kappa shape index (κ3) is 6.22. The zero-order chi connectivity index (χ0) is 27.8. The normalized spacial score (nSPS) is 16.7. The highest BCUT2D eigenvalue weighted by atomic mass is 16.5. The van der Waals surface area contributed by atoms with Gasteiger partial charge in [0.05, 0.1) is 50.7 Å². The van der Waals surface area contributed by atoms with Crippen molar-refractivity contribution in [1.82, 2.24) is 4.90 Å². The number of benzene rings is 2. The lowest BCUT2D eigenvalue weighted by molar-refractivity contribution is -0.140. The van der Waals surface area contributed by atoms with Crippen LogP contribution in [-0.4, -0.2) is 68.4 Å². The number of hydrogen-bond donors (Lipinski definition) is 1. The molecule has 3 rings (SSSR count). The van der Waals surface area contributed by atoms with Crippen molar-refractivity contribution in [3.8, 4) is 23.0 Å². The average molecular weight is 528 g/mol. The molecule has 9 nitrogen and oxygen atoms in total. The number of Topliss-reactive ketones (excluding diaryl/α,β-unsaturated/α-hetero) is 1. The second-order valence-electron chi connectivity index (χ2n) is 8.90. The van der Waals surface area contributed by atoms with E-state index < -0.39 is 17.7 Å². The molecule has 0 aromatic heterocycles. The zero-order valence-electron chi connectivity index (χ0n) is 22.9. The summed E-state index contributed by atoms with van der Waals surface area (Å²) in [7, 11) is 3.04. The molecule has 1 N–H and O–H groups in total. The number of ketones is 1. The predicted octanol–water partition coefficient (Wildman–Crippen LogP) is 4.74. The number of ether oxygens (including phenoxy) is 5. The minimum Gasteiger partial charge on any atom is -0.507 e. The van der Waals surface area contributed by atoms with Crippen LogP contribution in [0.1, 0.15) is 51.3 Å². The number of aliphatic hydroxyl groups is 1. The molecule has 38 heavy (non-hydrogen) atoms. The summed E-state index contributed by atoms with van der Waals surface area (Å²) in [5.74, 6) is 0.0605. The highest BCUT2D eigenvalue weighted by Gasteiger charge is 2.46. The van der Waals surface area contributed by atoms with Crippen LogP contribution in [0, 0.1) is 0 Å². The van der Waals surface area contributed by atoms with Crippen molar-refractivity contribution in [1.29, 1.82) is 0 Å². The number of hydrogen-bond acceptors (Lipinski definition) is 8. The van der Waals surface area contributed by atoms with Crippen LogP contribution >= 0.6 is 0 Å². The smallest absolute Gasteiger partial charge is 0.295 e. The van der Waals surface area contributed by atoms with E-state index in [0.717, 1.165) is 0 Å². The largest absolute Gasteiger partial charge is 0.507 e. The van der Waals surface area contributed by atoms with Crippen LogP contribution in [0.25, 0.3) is 5.76 Å². The molecular formula is C29H37NO8. The second kappa shape index (κ2) is 13.2. The Morgan fingerprint density at radius 1 is 0.947 bits per heavy atom. The summed E-state index contributed by atoms with van der Waals surface area (Å²) in [5.41, 5.74) is 0.858. The average Bonchev–Trinajstić information content (AvgIpc) is 3.15. The van der Waals surface area contributed by atoms with Crippen molar-refractivity contribution in [2.45, 2.75) is 46.3 Å². The van der Waals surface area contributed by atoms with Crippen LogP contribution in [0.4, 0.5) is 0 Å². The lowest BCUT2D eigenvalue weighted by Gasteiger charge is -2.26. The molecule has 9 heteroatoms. The highest BCUT2D eigenvalue weighted by molar-refractivity contribution is 6.46. The molecule has 1 atom stereocenters. The maximum atomic E-state index is 13.4. The van der Waals surface area contributed by atoms with Gasteiger partial charge >= 0.3 is 0 Å². The van der Waals surface area contributed by atoms with Gasteiger partial charge in [0.2, 0.25) is 0 Å². The molecule has 1 aliphatic rings. The Morgan fingerprint density at radius 2 is 1.66 bits per heavy atom. The monoisotopic (exact) mass is 527 g/mol. The third-order valence-electron chi connectivity index (χ3n) is 6.08. The Morgan fingerprint density at radius 3 is 2.29 bits per heavy atom. The number of likely N-dealkylation sites (tertiary alicyclic amines) is 1. The van der Waals surface area contributed by atoms with Crippen molar-refractivity contribution >= 4 is 17.4 Å². The molecule has 1 heterocycles. The van der Waals surface area contributed by atoms with E-state index in [4.69, 9.17) is 23.7 Å². The Bertz CT molecular complexity index is 1170. The summed E-state index contributed by atoms with van der Waals surface area (Å²) in [4.78, 5) is 28.1. The first-order chi connectivity index (χ1) is 18.3. The van der Waals surface area contributed by atoms with Crippen molar-refractivity contribution < 1.29 is 38.4 Å². The minimum atomic E-state index is -0.852. The quantitative estimate of drug-likeness (QED) is 0.172. The van der Waals surface area contributed by atoms with Gasteiger partial charge in [-0.15, -0.1) is 0 Å². The first-order valence-electron chi connectivity index (χ1n) is 12.8. The van der Waals surface area contributed by atoms with Crippen molar-refractivity contribution in [2.24, 2.45) is 0 Å². The van der Waals surface area contributed by atoms with E-state index in [1.807, 2.05) is 27.7 Å².